The third-order valence-electron chi connectivity index (χ3n) is 15.6. The second-order valence-corrected chi connectivity index (χ2v) is 20.9. The Kier molecular flexibility index (Phi) is 13.1. The van der Waals surface area contributed by atoms with Crippen LogP contribution in [0.15, 0.2) is 206 Å². The third kappa shape index (κ3) is 9.45. The van der Waals surface area contributed by atoms with Gasteiger partial charge in [-0.15, -0.1) is 0 Å². The van der Waals surface area contributed by atoms with Gasteiger partial charge in [0.05, 0.1) is 143 Å². The van der Waals surface area contributed by atoms with Crippen molar-refractivity contribution in [2.45, 2.75) is 6.18 Å². The van der Waals surface area contributed by atoms with Crippen LogP contribution in [0.1, 0.15) is 50.1 Å². The molecule has 11 nitrogen and oxygen atoms in total. The molecule has 0 amide bonds. The van der Waals surface area contributed by atoms with Gasteiger partial charge in [0.25, 0.3) is 0 Å². The number of pyridine rings is 1. The maximum atomic E-state index is 16.3. The molecule has 0 aliphatic rings. The Bertz CT molecular complexity index is 4870. The van der Waals surface area contributed by atoms with E-state index < -0.39 is 11.7 Å². The van der Waals surface area contributed by atoms with Crippen molar-refractivity contribution >= 4 is 43.6 Å². The number of alkyl halides is 3. The molecule has 0 saturated carbocycles. The Labute approximate surface area is 500 Å². The van der Waals surface area contributed by atoms with E-state index in [9.17, 15) is 42.1 Å². The van der Waals surface area contributed by atoms with E-state index >= 15 is 13.2 Å². The van der Waals surface area contributed by atoms with Crippen LogP contribution in [-0.2, 0) is 6.18 Å². The predicted octanol–water partition coefficient (Wildman–Crippen LogP) is 17.3. The molecule has 13 aromatic rings. The van der Waals surface area contributed by atoms with Gasteiger partial charge >= 0.3 is 6.18 Å². The summed E-state index contributed by atoms with van der Waals surface area (Å²) in [7, 11) is 0. The van der Waals surface area contributed by atoms with E-state index in [1.807, 2.05) is 60.7 Å². The normalized spacial score (nSPS) is 11.0. The van der Waals surface area contributed by atoms with E-state index in [-0.39, 0.29) is 61.4 Å². The lowest BCUT2D eigenvalue weighted by Gasteiger charge is -2.22. The van der Waals surface area contributed by atoms with E-state index in [2.05, 4.69) is 48.6 Å². The first-order valence-electron chi connectivity index (χ1n) is 27.1. The number of rotatable bonds is 8. The minimum absolute atomic E-state index is 0.0810. The predicted molar refractivity (Wildman–Crippen MR) is 328 cm³/mol. The Morgan fingerprint density at radius 1 is 0.284 bits per heavy atom. The minimum Gasteiger partial charge on any atom is -0.308 e. The van der Waals surface area contributed by atoms with E-state index in [0.29, 0.717) is 99.5 Å². The molecule has 0 radical (unpaired) electrons. The van der Waals surface area contributed by atoms with Crippen molar-refractivity contribution < 1.29 is 13.2 Å². The fourth-order valence-corrected chi connectivity index (χ4v) is 11.7. The summed E-state index contributed by atoms with van der Waals surface area (Å²) in [6, 6.07) is 75.0. The average Bonchev–Trinajstić information content (AvgIpc) is 1.58. The van der Waals surface area contributed by atoms with Crippen LogP contribution in [0.25, 0.3) is 122 Å². The molecule has 0 aliphatic heterocycles. The number of fused-ring (bicyclic) bond motifs is 6. The van der Waals surface area contributed by atoms with Crippen molar-refractivity contribution in [1.29, 1.82) is 42.1 Å². The number of aromatic nitrogens is 3. The summed E-state index contributed by atoms with van der Waals surface area (Å²) in [4.78, 5) is 5.29. The average molecular weight is 1130 g/mol. The Balaban J connectivity index is 1.18. The summed E-state index contributed by atoms with van der Waals surface area (Å²) in [6.45, 7) is 0. The van der Waals surface area contributed by atoms with Gasteiger partial charge in [-0.05, 0) is 190 Å². The monoisotopic (exact) mass is 1130 g/mol. The molecule has 0 aliphatic carbocycles. The highest BCUT2D eigenvalue weighted by molar-refractivity contribution is 6.14. The molecular weight excluding hydrogens is 1100 g/mol. The summed E-state index contributed by atoms with van der Waals surface area (Å²) in [6.07, 6.45) is -4.96. The number of benzene rings is 10. The SMILES string of the molecule is N#Cc1cc(C#N)cc(-c2ccc3c(c2)c2cc(-c4cc(C#N)cc(C#N)c4)ccc2n3-c2cc(C(F)(F)F)cc(-n3c4ccc(-c5cc(C#N)cc(C#N)c5)cc4c4cc(-c5cc(C#N)cc(C#N)c5)ccc43)c2-c2cccc(-c3ccccc3)n2)c1. The molecule has 3 aromatic heterocycles. The van der Waals surface area contributed by atoms with Gasteiger partial charge in [-0.25, -0.2) is 4.98 Å². The van der Waals surface area contributed by atoms with Crippen molar-refractivity contribution in [3.05, 3.63) is 256 Å². The molecule has 0 fully saturated rings. The Hall–Kier alpha value is -13.3. The fraction of sp³-hybridized carbons (Fsp3) is 0.0135. The molecule has 0 bridgehead atoms. The van der Waals surface area contributed by atoms with Gasteiger partial charge in [0, 0.05) is 32.7 Å². The first kappa shape index (κ1) is 53.9. The van der Waals surface area contributed by atoms with Crippen molar-refractivity contribution in [3.63, 3.8) is 0 Å². The molecule has 0 atom stereocenters. The molecule has 0 spiro atoms. The first-order chi connectivity index (χ1) is 42.8. The lowest BCUT2D eigenvalue weighted by Crippen LogP contribution is -2.11. The second kappa shape index (κ2) is 21.4. The smallest absolute Gasteiger partial charge is 0.308 e. The summed E-state index contributed by atoms with van der Waals surface area (Å²) in [5.74, 6) is 0. The summed E-state index contributed by atoms with van der Waals surface area (Å²) in [5.41, 5.74) is 9.42. The van der Waals surface area contributed by atoms with Crippen LogP contribution in [0, 0.1) is 90.6 Å². The van der Waals surface area contributed by atoms with Crippen LogP contribution in [0.2, 0.25) is 0 Å². The Morgan fingerprint density at radius 3 is 0.864 bits per heavy atom. The van der Waals surface area contributed by atoms with Crippen LogP contribution in [0.4, 0.5) is 13.2 Å². The first-order valence-corrected chi connectivity index (χ1v) is 27.1. The topological polar surface area (TPSA) is 213 Å². The maximum absolute atomic E-state index is 16.3. The molecule has 0 N–H and O–H groups in total. The Morgan fingerprint density at radius 2 is 0.580 bits per heavy atom. The van der Waals surface area contributed by atoms with E-state index in [1.165, 1.54) is 24.3 Å². The van der Waals surface area contributed by atoms with Crippen LogP contribution >= 0.6 is 0 Å². The second-order valence-electron chi connectivity index (χ2n) is 20.9. The number of nitriles is 8. The van der Waals surface area contributed by atoms with Crippen LogP contribution in [0.5, 0.6) is 0 Å². The van der Waals surface area contributed by atoms with Crippen molar-refractivity contribution in [2.75, 3.05) is 0 Å². The largest absolute Gasteiger partial charge is 0.416 e. The summed E-state index contributed by atoms with van der Waals surface area (Å²) < 4.78 is 52.6. The molecule has 13 rings (SSSR count). The number of halogens is 3. The van der Waals surface area contributed by atoms with Crippen LogP contribution in [0.3, 0.4) is 0 Å². The van der Waals surface area contributed by atoms with Gasteiger partial charge in [-0.3, -0.25) is 0 Å². The number of nitrogens with zero attached hydrogens (tertiary/aromatic N) is 11. The highest BCUT2D eigenvalue weighted by Gasteiger charge is 2.35. The van der Waals surface area contributed by atoms with Gasteiger partial charge < -0.3 is 9.13 Å². The van der Waals surface area contributed by atoms with Crippen LogP contribution in [-0.4, -0.2) is 14.1 Å². The quantitative estimate of drug-likeness (QED) is 0.141. The lowest BCUT2D eigenvalue weighted by molar-refractivity contribution is -0.137. The fourth-order valence-electron chi connectivity index (χ4n) is 11.7. The highest BCUT2D eigenvalue weighted by atomic mass is 19.4. The van der Waals surface area contributed by atoms with Crippen molar-refractivity contribution in [1.82, 2.24) is 14.1 Å². The molecule has 0 saturated heterocycles. The van der Waals surface area contributed by atoms with Crippen LogP contribution < -0.4 is 0 Å². The third-order valence-corrected chi connectivity index (χ3v) is 15.6. The van der Waals surface area contributed by atoms with Crippen molar-refractivity contribution in [2.24, 2.45) is 0 Å². The molecule has 88 heavy (non-hydrogen) atoms. The lowest BCUT2D eigenvalue weighted by atomic mass is 9.97. The minimum atomic E-state index is -4.96. The molecule has 14 heteroatoms. The van der Waals surface area contributed by atoms with E-state index in [1.54, 1.807) is 118 Å². The molecular formula is C74H34F3N11. The molecule has 406 valence electrons. The number of hydrogen-bond donors (Lipinski definition) is 0. The zero-order chi connectivity index (χ0) is 61.0. The number of hydrogen-bond acceptors (Lipinski definition) is 9. The van der Waals surface area contributed by atoms with Gasteiger partial charge in [-0.1, -0.05) is 60.7 Å². The summed E-state index contributed by atoms with van der Waals surface area (Å²) in [5, 5.41) is 82.6. The van der Waals surface area contributed by atoms with Crippen molar-refractivity contribution in [3.8, 4) is 127 Å². The standard InChI is InChI=1S/C74H34F3N11/c75-74(76,77)60-33-71(87-67-13-9-52(56-21-43(35-78)17-44(22-56)36-79)29-61(67)62-30-53(10-14-68(62)87)57-23-45(37-80)18-46(24-57)38-81)73(66-8-4-7-65(86-66)51-5-2-1-3-6-51)72(34-60)88-69-15-11-54(58-25-47(39-82)19-48(26-58)40-83)31-63(69)64-32-55(12-16-70(64)88)59-27-49(41-84)20-50(28-59)42-85/h1-34H. The van der Waals surface area contributed by atoms with E-state index in [4.69, 9.17) is 4.98 Å². The molecule has 3 heterocycles. The highest BCUT2D eigenvalue weighted by Crippen LogP contribution is 2.47. The maximum Gasteiger partial charge on any atom is 0.416 e. The van der Waals surface area contributed by atoms with Gasteiger partial charge in [-0.2, -0.15) is 55.3 Å². The van der Waals surface area contributed by atoms with Gasteiger partial charge in [0.2, 0.25) is 0 Å². The zero-order valence-corrected chi connectivity index (χ0v) is 45.7. The molecule has 10 aromatic carbocycles. The van der Waals surface area contributed by atoms with Gasteiger partial charge in [0.15, 0.2) is 0 Å². The molecule has 0 unspecified atom stereocenters. The summed E-state index contributed by atoms with van der Waals surface area (Å²) >= 11 is 0. The van der Waals surface area contributed by atoms with Gasteiger partial charge in [0.1, 0.15) is 0 Å². The van der Waals surface area contributed by atoms with E-state index in [0.717, 1.165) is 17.7 Å². The zero-order valence-electron chi connectivity index (χ0n) is 45.7.